The fourth-order valence-corrected chi connectivity index (χ4v) is 2.16. The van der Waals surface area contributed by atoms with Crippen LogP contribution in [0.15, 0.2) is 42.9 Å². The first-order chi connectivity index (χ1) is 10.6. The van der Waals surface area contributed by atoms with Crippen molar-refractivity contribution in [3.63, 3.8) is 0 Å². The van der Waals surface area contributed by atoms with Crippen molar-refractivity contribution in [2.24, 2.45) is 5.73 Å². The van der Waals surface area contributed by atoms with Crippen molar-refractivity contribution in [2.75, 3.05) is 6.54 Å². The Labute approximate surface area is 127 Å². The minimum atomic E-state index is -1.11. The zero-order chi connectivity index (χ0) is 15.9. The van der Waals surface area contributed by atoms with E-state index in [1.807, 2.05) is 18.2 Å². The second kappa shape index (κ2) is 7.37. The Kier molecular flexibility index (Phi) is 5.26. The number of aromatic nitrogens is 2. The molecule has 1 unspecified atom stereocenters. The molecule has 0 spiro atoms. The number of hydrogen-bond donors (Lipinski definition) is 4. The largest absolute Gasteiger partial charge is 0.480 e. The third kappa shape index (κ3) is 3.92. The van der Waals surface area contributed by atoms with Gasteiger partial charge in [-0.2, -0.15) is 0 Å². The number of carbonyl (C=O) groups excluding carboxylic acids is 1. The summed E-state index contributed by atoms with van der Waals surface area (Å²) in [4.78, 5) is 30.4. The minimum Gasteiger partial charge on any atom is -0.480 e. The molecule has 0 bridgehead atoms. The summed E-state index contributed by atoms with van der Waals surface area (Å²) in [5, 5.41) is 11.8. The standard InChI is InChI=1S/C15H18N4O3/c16-7-12(10-4-2-1-3-5-10)14(20)19-13(15(21)22)6-11-8-17-9-18-11/h1-5,8-9,12-13H,6-7,16H2,(H,17,18)(H,19,20)(H,21,22)/t12?,13-/m1/s1. The second-order valence-electron chi connectivity index (χ2n) is 4.86. The third-order valence-corrected chi connectivity index (χ3v) is 3.34. The van der Waals surface area contributed by atoms with E-state index in [0.29, 0.717) is 5.69 Å². The van der Waals surface area contributed by atoms with Gasteiger partial charge in [0.2, 0.25) is 5.91 Å². The highest BCUT2D eigenvalue weighted by Crippen LogP contribution is 2.14. The molecule has 2 atom stereocenters. The van der Waals surface area contributed by atoms with Crippen molar-refractivity contribution in [3.05, 3.63) is 54.1 Å². The quantitative estimate of drug-likeness (QED) is 0.585. The van der Waals surface area contributed by atoms with Gasteiger partial charge in [0.15, 0.2) is 0 Å². The molecule has 1 amide bonds. The molecule has 1 aromatic carbocycles. The zero-order valence-electron chi connectivity index (χ0n) is 11.9. The van der Waals surface area contributed by atoms with Gasteiger partial charge >= 0.3 is 5.97 Å². The number of amides is 1. The van der Waals surface area contributed by atoms with E-state index in [9.17, 15) is 14.7 Å². The van der Waals surface area contributed by atoms with Crippen LogP contribution < -0.4 is 11.1 Å². The molecule has 0 saturated heterocycles. The molecule has 7 heteroatoms. The molecule has 0 fully saturated rings. The van der Waals surface area contributed by atoms with Gasteiger partial charge in [-0.1, -0.05) is 30.3 Å². The maximum Gasteiger partial charge on any atom is 0.326 e. The Hall–Kier alpha value is -2.67. The van der Waals surface area contributed by atoms with Crippen LogP contribution >= 0.6 is 0 Å². The van der Waals surface area contributed by atoms with Crippen molar-refractivity contribution in [1.29, 1.82) is 0 Å². The van der Waals surface area contributed by atoms with Crippen LogP contribution in [0.2, 0.25) is 0 Å². The molecule has 7 nitrogen and oxygen atoms in total. The van der Waals surface area contributed by atoms with E-state index < -0.39 is 23.8 Å². The van der Waals surface area contributed by atoms with Crippen LogP contribution in [0.4, 0.5) is 0 Å². The number of carboxylic acid groups (broad SMARTS) is 1. The summed E-state index contributed by atoms with van der Waals surface area (Å²) in [6.45, 7) is 0.102. The van der Waals surface area contributed by atoms with Crippen LogP contribution in [-0.2, 0) is 16.0 Å². The molecule has 1 heterocycles. The van der Waals surface area contributed by atoms with E-state index >= 15 is 0 Å². The predicted molar refractivity (Wildman–Crippen MR) is 80.1 cm³/mol. The lowest BCUT2D eigenvalue weighted by atomic mass is 9.97. The molecule has 0 aliphatic rings. The highest BCUT2D eigenvalue weighted by atomic mass is 16.4. The van der Waals surface area contributed by atoms with Gasteiger partial charge < -0.3 is 21.1 Å². The molecule has 0 aliphatic carbocycles. The first-order valence-corrected chi connectivity index (χ1v) is 6.87. The van der Waals surface area contributed by atoms with E-state index in [2.05, 4.69) is 15.3 Å². The Morgan fingerprint density at radius 2 is 2.05 bits per heavy atom. The number of nitrogens with one attached hydrogen (secondary N) is 2. The Bertz CT molecular complexity index is 613. The van der Waals surface area contributed by atoms with Crippen LogP contribution in [0.3, 0.4) is 0 Å². The topological polar surface area (TPSA) is 121 Å². The number of hydrogen-bond acceptors (Lipinski definition) is 4. The molecule has 0 radical (unpaired) electrons. The summed E-state index contributed by atoms with van der Waals surface area (Å²) in [5.41, 5.74) is 6.99. The number of H-pyrrole nitrogens is 1. The maximum atomic E-state index is 12.3. The van der Waals surface area contributed by atoms with Crippen LogP contribution in [0.5, 0.6) is 0 Å². The predicted octanol–water partition coefficient (Wildman–Crippen LogP) is 0.264. The highest BCUT2D eigenvalue weighted by molar-refractivity contribution is 5.88. The summed E-state index contributed by atoms with van der Waals surface area (Å²) < 4.78 is 0. The van der Waals surface area contributed by atoms with Gasteiger partial charge in [0.1, 0.15) is 6.04 Å². The third-order valence-electron chi connectivity index (χ3n) is 3.34. The molecule has 2 aromatic rings. The smallest absolute Gasteiger partial charge is 0.326 e. The number of aliphatic carboxylic acids is 1. The SMILES string of the molecule is NCC(C(=O)N[C@H](Cc1c[nH]cn1)C(=O)O)c1ccccc1. The summed E-state index contributed by atoms with van der Waals surface area (Å²) in [5.74, 6) is -2.10. The van der Waals surface area contributed by atoms with Crippen LogP contribution in [-0.4, -0.2) is 39.5 Å². The van der Waals surface area contributed by atoms with Crippen molar-refractivity contribution < 1.29 is 14.7 Å². The first kappa shape index (κ1) is 15.7. The molecular weight excluding hydrogens is 284 g/mol. The Morgan fingerprint density at radius 1 is 1.32 bits per heavy atom. The van der Waals surface area contributed by atoms with Gasteiger partial charge in [0.25, 0.3) is 0 Å². The van der Waals surface area contributed by atoms with E-state index in [0.717, 1.165) is 5.56 Å². The zero-order valence-corrected chi connectivity index (χ0v) is 11.9. The number of nitrogens with zero attached hydrogens (tertiary/aromatic N) is 1. The van der Waals surface area contributed by atoms with E-state index in [1.165, 1.54) is 6.33 Å². The average molecular weight is 302 g/mol. The Morgan fingerprint density at radius 3 is 2.59 bits per heavy atom. The van der Waals surface area contributed by atoms with Crippen molar-refractivity contribution >= 4 is 11.9 Å². The highest BCUT2D eigenvalue weighted by Gasteiger charge is 2.26. The van der Waals surface area contributed by atoms with Gasteiger partial charge in [-0.15, -0.1) is 0 Å². The number of carboxylic acids is 1. The number of aromatic amines is 1. The van der Waals surface area contributed by atoms with Gasteiger partial charge in [-0.05, 0) is 5.56 Å². The second-order valence-corrected chi connectivity index (χ2v) is 4.86. The van der Waals surface area contributed by atoms with E-state index in [1.54, 1.807) is 18.3 Å². The molecule has 116 valence electrons. The molecule has 22 heavy (non-hydrogen) atoms. The summed E-state index contributed by atoms with van der Waals surface area (Å²) in [7, 11) is 0. The van der Waals surface area contributed by atoms with Gasteiger partial charge in [-0.25, -0.2) is 9.78 Å². The fraction of sp³-hybridized carbons (Fsp3) is 0.267. The van der Waals surface area contributed by atoms with Gasteiger partial charge in [-0.3, -0.25) is 4.79 Å². The minimum absolute atomic E-state index is 0.102. The van der Waals surface area contributed by atoms with Crippen molar-refractivity contribution in [1.82, 2.24) is 15.3 Å². The number of carbonyl (C=O) groups is 2. The van der Waals surface area contributed by atoms with Crippen LogP contribution in [0, 0.1) is 0 Å². The fourth-order valence-electron chi connectivity index (χ4n) is 2.16. The molecule has 0 aliphatic heterocycles. The van der Waals surface area contributed by atoms with Crippen molar-refractivity contribution in [2.45, 2.75) is 18.4 Å². The van der Waals surface area contributed by atoms with Gasteiger partial charge in [0.05, 0.1) is 17.9 Å². The lowest BCUT2D eigenvalue weighted by Crippen LogP contribution is -2.45. The molecule has 1 aromatic heterocycles. The summed E-state index contributed by atoms with van der Waals surface area (Å²) >= 11 is 0. The van der Waals surface area contributed by atoms with E-state index in [4.69, 9.17) is 5.73 Å². The molecular formula is C15H18N4O3. The van der Waals surface area contributed by atoms with Crippen LogP contribution in [0.1, 0.15) is 17.2 Å². The number of benzene rings is 1. The normalized spacial score (nSPS) is 13.3. The summed E-state index contributed by atoms with van der Waals surface area (Å²) in [6.07, 6.45) is 3.17. The first-order valence-electron chi connectivity index (χ1n) is 6.87. The van der Waals surface area contributed by atoms with Crippen LogP contribution in [0.25, 0.3) is 0 Å². The molecule has 2 rings (SSSR count). The maximum absolute atomic E-state index is 12.3. The molecule has 0 saturated carbocycles. The lowest BCUT2D eigenvalue weighted by Gasteiger charge is -2.19. The molecule has 5 N–H and O–H groups in total. The monoisotopic (exact) mass is 302 g/mol. The van der Waals surface area contributed by atoms with Crippen molar-refractivity contribution in [3.8, 4) is 0 Å². The number of imidazole rings is 1. The summed E-state index contributed by atoms with van der Waals surface area (Å²) in [6, 6.07) is 8.00. The van der Waals surface area contributed by atoms with E-state index in [-0.39, 0.29) is 13.0 Å². The average Bonchev–Trinajstić information content (AvgIpc) is 3.01. The number of rotatable bonds is 7. The number of nitrogens with two attached hydrogens (primary N) is 1. The Balaban J connectivity index is 2.08. The van der Waals surface area contributed by atoms with Gasteiger partial charge in [0, 0.05) is 19.2 Å². The lowest BCUT2D eigenvalue weighted by molar-refractivity contribution is -0.142.